The maximum absolute atomic E-state index is 12.8. The highest BCUT2D eigenvalue weighted by Crippen LogP contribution is 2.21. The van der Waals surface area contributed by atoms with Crippen LogP contribution >= 0.6 is 22.6 Å². The molecule has 1 atom stereocenters. The van der Waals surface area contributed by atoms with E-state index in [1.54, 1.807) is 16.4 Å². The van der Waals surface area contributed by atoms with E-state index in [0.717, 1.165) is 23.0 Å². The molecule has 1 fully saturated rings. The highest BCUT2D eigenvalue weighted by Gasteiger charge is 2.30. The van der Waals surface area contributed by atoms with Crippen LogP contribution < -0.4 is 5.32 Å². The summed E-state index contributed by atoms with van der Waals surface area (Å²) in [5, 5.41) is 3.37. The first kappa shape index (κ1) is 16.2. The van der Waals surface area contributed by atoms with E-state index in [1.807, 2.05) is 26.0 Å². The fourth-order valence-corrected chi connectivity index (χ4v) is 4.50. The van der Waals surface area contributed by atoms with Crippen molar-refractivity contribution in [3.63, 3.8) is 0 Å². The van der Waals surface area contributed by atoms with E-state index >= 15 is 0 Å². The van der Waals surface area contributed by atoms with E-state index in [4.69, 9.17) is 0 Å². The summed E-state index contributed by atoms with van der Waals surface area (Å²) in [6.45, 7) is 5.39. The molecule has 1 aromatic carbocycles. The van der Waals surface area contributed by atoms with Crippen molar-refractivity contribution in [3.05, 3.63) is 27.8 Å². The van der Waals surface area contributed by atoms with Crippen molar-refractivity contribution >= 4 is 32.6 Å². The van der Waals surface area contributed by atoms with Gasteiger partial charge in [0.25, 0.3) is 0 Å². The summed E-state index contributed by atoms with van der Waals surface area (Å²) in [6.07, 6.45) is 2.17. The molecule has 1 aromatic rings. The number of hydrogen-bond donors (Lipinski definition) is 1. The van der Waals surface area contributed by atoms with Crippen LogP contribution in [-0.2, 0) is 10.0 Å². The topological polar surface area (TPSA) is 49.4 Å². The van der Waals surface area contributed by atoms with Gasteiger partial charge in [-0.3, -0.25) is 0 Å². The standard InChI is InChI=1S/C14H21IN2O2S/c1-11(2)17(10-13-4-3-9-16-13)20(18,19)14-7-5-12(15)6-8-14/h5-8,11,13,16H,3-4,9-10H2,1-2H3. The molecule has 0 radical (unpaired) electrons. The molecule has 0 amide bonds. The zero-order chi connectivity index (χ0) is 14.8. The fourth-order valence-electron chi connectivity index (χ4n) is 2.46. The smallest absolute Gasteiger partial charge is 0.243 e. The predicted octanol–water partition coefficient (Wildman–Crippen LogP) is 2.44. The monoisotopic (exact) mass is 408 g/mol. The second-order valence-corrected chi connectivity index (χ2v) is 8.55. The Morgan fingerprint density at radius 1 is 1.35 bits per heavy atom. The fraction of sp³-hybridized carbons (Fsp3) is 0.571. The van der Waals surface area contributed by atoms with Crippen molar-refractivity contribution in [1.82, 2.24) is 9.62 Å². The lowest BCUT2D eigenvalue weighted by atomic mass is 10.2. The Hall–Kier alpha value is -0.180. The number of benzene rings is 1. The van der Waals surface area contributed by atoms with Gasteiger partial charge in [0.2, 0.25) is 10.0 Å². The summed E-state index contributed by atoms with van der Waals surface area (Å²) >= 11 is 2.18. The second-order valence-electron chi connectivity index (χ2n) is 5.42. The third kappa shape index (κ3) is 3.72. The van der Waals surface area contributed by atoms with Crippen LogP contribution in [0.4, 0.5) is 0 Å². The number of halogens is 1. The van der Waals surface area contributed by atoms with Crippen molar-refractivity contribution in [2.75, 3.05) is 13.1 Å². The molecule has 20 heavy (non-hydrogen) atoms. The molecule has 2 rings (SSSR count). The van der Waals surface area contributed by atoms with Gasteiger partial charge in [0.05, 0.1) is 4.90 Å². The zero-order valence-corrected chi connectivity index (χ0v) is 14.8. The molecule has 1 heterocycles. The van der Waals surface area contributed by atoms with E-state index in [2.05, 4.69) is 27.9 Å². The predicted molar refractivity (Wildman–Crippen MR) is 89.2 cm³/mol. The summed E-state index contributed by atoms with van der Waals surface area (Å²) in [6, 6.07) is 7.28. The molecule has 6 heteroatoms. The van der Waals surface area contributed by atoms with Gasteiger partial charge in [-0.15, -0.1) is 0 Å². The third-order valence-electron chi connectivity index (χ3n) is 3.56. The van der Waals surface area contributed by atoms with Gasteiger partial charge in [-0.25, -0.2) is 8.42 Å². The lowest BCUT2D eigenvalue weighted by molar-refractivity contribution is 0.322. The lowest BCUT2D eigenvalue weighted by Crippen LogP contribution is -2.44. The molecule has 0 bridgehead atoms. The number of rotatable bonds is 5. The lowest BCUT2D eigenvalue weighted by Gasteiger charge is -2.28. The summed E-state index contributed by atoms with van der Waals surface area (Å²) in [4.78, 5) is 0.379. The molecule has 0 aliphatic carbocycles. The van der Waals surface area contributed by atoms with Crippen LogP contribution in [0.1, 0.15) is 26.7 Å². The first-order chi connectivity index (χ1) is 9.41. The van der Waals surface area contributed by atoms with Gasteiger partial charge in [0.15, 0.2) is 0 Å². The minimum atomic E-state index is -3.41. The van der Waals surface area contributed by atoms with E-state index in [0.29, 0.717) is 11.4 Å². The maximum Gasteiger partial charge on any atom is 0.243 e. The Morgan fingerprint density at radius 3 is 2.50 bits per heavy atom. The summed E-state index contributed by atoms with van der Waals surface area (Å²) in [5.74, 6) is 0. The average molecular weight is 408 g/mol. The van der Waals surface area contributed by atoms with Crippen LogP contribution in [-0.4, -0.2) is 37.9 Å². The number of nitrogens with one attached hydrogen (secondary N) is 1. The average Bonchev–Trinajstić information content (AvgIpc) is 2.89. The minimum Gasteiger partial charge on any atom is -0.313 e. The highest BCUT2D eigenvalue weighted by atomic mass is 127. The zero-order valence-electron chi connectivity index (χ0n) is 11.8. The van der Waals surface area contributed by atoms with Crippen LogP contribution in [0.3, 0.4) is 0 Å². The van der Waals surface area contributed by atoms with Crippen LogP contribution in [0.2, 0.25) is 0 Å². The first-order valence-electron chi connectivity index (χ1n) is 6.92. The van der Waals surface area contributed by atoms with Crippen molar-refractivity contribution in [3.8, 4) is 0 Å². The summed E-state index contributed by atoms with van der Waals surface area (Å²) < 4.78 is 28.2. The Bertz CT molecular complexity index is 537. The molecule has 0 spiro atoms. The molecular weight excluding hydrogens is 387 g/mol. The number of hydrogen-bond acceptors (Lipinski definition) is 3. The van der Waals surface area contributed by atoms with E-state index in [-0.39, 0.29) is 12.1 Å². The molecule has 1 aliphatic rings. The largest absolute Gasteiger partial charge is 0.313 e. The van der Waals surface area contributed by atoms with Crippen molar-refractivity contribution in [2.24, 2.45) is 0 Å². The van der Waals surface area contributed by atoms with Crippen LogP contribution in [0.25, 0.3) is 0 Å². The van der Waals surface area contributed by atoms with Crippen molar-refractivity contribution in [1.29, 1.82) is 0 Å². The molecule has 1 saturated heterocycles. The van der Waals surface area contributed by atoms with Gasteiger partial charge in [0.1, 0.15) is 0 Å². The molecule has 1 N–H and O–H groups in total. The normalized spacial score (nSPS) is 19.9. The molecule has 112 valence electrons. The van der Waals surface area contributed by atoms with Gasteiger partial charge in [-0.1, -0.05) is 0 Å². The van der Waals surface area contributed by atoms with Crippen LogP contribution in [0.15, 0.2) is 29.2 Å². The quantitative estimate of drug-likeness (QED) is 0.762. The third-order valence-corrected chi connectivity index (χ3v) is 6.33. The number of nitrogens with zero attached hydrogens (tertiary/aromatic N) is 1. The minimum absolute atomic E-state index is 0.0401. The summed E-state index contributed by atoms with van der Waals surface area (Å²) in [7, 11) is -3.41. The highest BCUT2D eigenvalue weighted by molar-refractivity contribution is 14.1. The van der Waals surface area contributed by atoms with Gasteiger partial charge in [-0.05, 0) is 80.1 Å². The van der Waals surface area contributed by atoms with Gasteiger partial charge in [-0.2, -0.15) is 4.31 Å². The van der Waals surface area contributed by atoms with Crippen LogP contribution in [0, 0.1) is 3.57 Å². The van der Waals surface area contributed by atoms with Crippen molar-refractivity contribution in [2.45, 2.75) is 43.7 Å². The van der Waals surface area contributed by atoms with Gasteiger partial charge >= 0.3 is 0 Å². The van der Waals surface area contributed by atoms with Crippen molar-refractivity contribution < 1.29 is 8.42 Å². The second kappa shape index (κ2) is 6.72. The van der Waals surface area contributed by atoms with Gasteiger partial charge < -0.3 is 5.32 Å². The van der Waals surface area contributed by atoms with Gasteiger partial charge in [0, 0.05) is 22.2 Å². The Labute approximate surface area is 135 Å². The first-order valence-corrected chi connectivity index (χ1v) is 9.44. The molecule has 1 aliphatic heterocycles. The summed E-state index contributed by atoms with van der Waals surface area (Å²) in [5.41, 5.74) is 0. The van der Waals surface area contributed by atoms with Crippen LogP contribution in [0.5, 0.6) is 0 Å². The molecule has 4 nitrogen and oxygen atoms in total. The SMILES string of the molecule is CC(C)N(CC1CCCN1)S(=O)(=O)c1ccc(I)cc1. The molecular formula is C14H21IN2O2S. The van der Waals surface area contributed by atoms with E-state index in [1.165, 1.54) is 0 Å². The molecule has 0 saturated carbocycles. The Morgan fingerprint density at radius 2 is 2.00 bits per heavy atom. The Balaban J connectivity index is 2.24. The maximum atomic E-state index is 12.8. The molecule has 1 unspecified atom stereocenters. The Kier molecular flexibility index (Phi) is 5.44. The number of sulfonamides is 1. The van der Waals surface area contributed by atoms with E-state index < -0.39 is 10.0 Å². The molecule has 0 aromatic heterocycles. The van der Waals surface area contributed by atoms with E-state index in [9.17, 15) is 8.42 Å².